The fraction of sp³-hybridized carbons (Fsp3) is 0.421. The molecule has 2 heterocycles. The van der Waals surface area contributed by atoms with Crippen molar-refractivity contribution in [1.82, 2.24) is 5.32 Å². The van der Waals surface area contributed by atoms with Crippen molar-refractivity contribution in [3.05, 3.63) is 56.7 Å². The summed E-state index contributed by atoms with van der Waals surface area (Å²) in [5, 5.41) is 5.28. The number of carbonyl (C=O) groups excluding carboxylic acids is 1. The maximum absolute atomic E-state index is 12.4. The first-order valence-electron chi connectivity index (χ1n) is 8.84. The van der Waals surface area contributed by atoms with Crippen LogP contribution in [0.4, 0.5) is 0 Å². The molecule has 1 amide bonds. The molecule has 1 aromatic carbocycles. The number of rotatable bonds is 6. The Morgan fingerprint density at radius 3 is 2.48 bits per heavy atom. The molecule has 6 heteroatoms. The number of halogens is 1. The standard InChI is InChI=1S/C19H24BrN3OS/c1-15(16-4-6-17(20)7-5-16)21-19(24)14-23-10-8-22(9-11-23)13-18-3-2-12-25-18/h2-7,12,15H,8-11,13-14H2,1H3,(H,21,24)/p+2/t15-/m1/s1. The minimum absolute atomic E-state index is 0.0470. The first kappa shape index (κ1) is 18.6. The van der Waals surface area contributed by atoms with Crippen LogP contribution >= 0.6 is 27.3 Å². The molecule has 0 spiro atoms. The van der Waals surface area contributed by atoms with E-state index in [2.05, 4.69) is 50.9 Å². The van der Waals surface area contributed by atoms with Crippen molar-refractivity contribution in [2.24, 2.45) is 0 Å². The van der Waals surface area contributed by atoms with Crippen molar-refractivity contribution < 1.29 is 14.6 Å². The number of quaternary nitrogens is 2. The van der Waals surface area contributed by atoms with Gasteiger partial charge in [-0.15, -0.1) is 11.3 Å². The topological polar surface area (TPSA) is 38.0 Å². The number of nitrogens with one attached hydrogen (secondary N) is 3. The number of benzene rings is 1. The Morgan fingerprint density at radius 2 is 1.84 bits per heavy atom. The Labute approximate surface area is 162 Å². The van der Waals surface area contributed by atoms with Crippen LogP contribution in [0, 0.1) is 0 Å². The molecule has 0 bridgehead atoms. The van der Waals surface area contributed by atoms with Crippen LogP contribution < -0.4 is 15.1 Å². The monoisotopic (exact) mass is 423 g/mol. The SMILES string of the molecule is C[C@@H](NC(=O)C[NH+]1CC[NH+](Cc2cccs2)CC1)c1ccc(Br)cc1. The number of carbonyl (C=O) groups is 1. The molecule has 1 aliphatic heterocycles. The molecule has 25 heavy (non-hydrogen) atoms. The second kappa shape index (κ2) is 8.94. The molecule has 1 aliphatic rings. The number of thiophene rings is 1. The van der Waals surface area contributed by atoms with Crippen LogP contribution in [0.15, 0.2) is 46.3 Å². The predicted molar refractivity (Wildman–Crippen MR) is 105 cm³/mol. The Hall–Kier alpha value is -1.21. The van der Waals surface area contributed by atoms with Crippen LogP contribution in [-0.2, 0) is 11.3 Å². The normalized spacial score (nSPS) is 21.7. The number of piperazine rings is 1. The average Bonchev–Trinajstić information content (AvgIpc) is 3.10. The largest absolute Gasteiger partial charge is 0.345 e. The van der Waals surface area contributed by atoms with Crippen molar-refractivity contribution >= 4 is 33.2 Å². The fourth-order valence-corrected chi connectivity index (χ4v) is 4.37. The van der Waals surface area contributed by atoms with E-state index in [1.54, 1.807) is 4.90 Å². The van der Waals surface area contributed by atoms with Gasteiger partial charge in [0, 0.05) is 4.47 Å². The van der Waals surface area contributed by atoms with E-state index >= 15 is 0 Å². The maximum Gasteiger partial charge on any atom is 0.275 e. The summed E-state index contributed by atoms with van der Waals surface area (Å²) in [7, 11) is 0. The Balaban J connectivity index is 1.40. The second-order valence-corrected chi connectivity index (χ2v) is 8.72. The lowest BCUT2D eigenvalue weighted by Gasteiger charge is -2.29. The van der Waals surface area contributed by atoms with E-state index in [9.17, 15) is 4.79 Å². The minimum atomic E-state index is 0.0470. The van der Waals surface area contributed by atoms with Crippen molar-refractivity contribution in [3.8, 4) is 0 Å². The van der Waals surface area contributed by atoms with Gasteiger partial charge in [-0.05, 0) is 36.1 Å². The predicted octanol–water partition coefficient (Wildman–Crippen LogP) is 0.671. The molecule has 1 aromatic heterocycles. The Kier molecular flexibility index (Phi) is 6.64. The van der Waals surface area contributed by atoms with Gasteiger partial charge in [-0.1, -0.05) is 34.1 Å². The van der Waals surface area contributed by atoms with Gasteiger partial charge in [0.2, 0.25) is 0 Å². The van der Waals surface area contributed by atoms with Crippen LogP contribution in [0.5, 0.6) is 0 Å². The zero-order valence-corrected chi connectivity index (χ0v) is 17.0. The summed E-state index contributed by atoms with van der Waals surface area (Å²) in [5.74, 6) is 0.145. The molecule has 0 unspecified atom stereocenters. The summed E-state index contributed by atoms with van der Waals surface area (Å²) >= 11 is 5.28. The maximum atomic E-state index is 12.4. The van der Waals surface area contributed by atoms with Crippen molar-refractivity contribution in [2.75, 3.05) is 32.7 Å². The lowest BCUT2D eigenvalue weighted by molar-refractivity contribution is -1.01. The zero-order chi connectivity index (χ0) is 17.6. The molecule has 0 saturated carbocycles. The molecule has 1 atom stereocenters. The van der Waals surface area contributed by atoms with Crippen molar-refractivity contribution in [2.45, 2.75) is 19.5 Å². The van der Waals surface area contributed by atoms with Crippen LogP contribution in [0.3, 0.4) is 0 Å². The number of hydrogen-bond acceptors (Lipinski definition) is 2. The third-order valence-corrected chi connectivity index (χ3v) is 6.23. The molecule has 134 valence electrons. The van der Waals surface area contributed by atoms with E-state index in [0.717, 1.165) is 42.8 Å². The van der Waals surface area contributed by atoms with Gasteiger partial charge in [-0.25, -0.2) is 0 Å². The third kappa shape index (κ3) is 5.64. The summed E-state index contributed by atoms with van der Waals surface area (Å²) in [6, 6.07) is 12.5. The van der Waals surface area contributed by atoms with Crippen LogP contribution in [0.1, 0.15) is 23.4 Å². The smallest absolute Gasteiger partial charge is 0.275 e. The minimum Gasteiger partial charge on any atom is -0.345 e. The highest BCUT2D eigenvalue weighted by atomic mass is 79.9. The summed E-state index contributed by atoms with van der Waals surface area (Å²) in [5.41, 5.74) is 1.14. The van der Waals surface area contributed by atoms with Gasteiger partial charge >= 0.3 is 0 Å². The quantitative estimate of drug-likeness (QED) is 0.627. The van der Waals surface area contributed by atoms with Gasteiger partial charge < -0.3 is 15.1 Å². The van der Waals surface area contributed by atoms with E-state index in [4.69, 9.17) is 0 Å². The average molecular weight is 424 g/mol. The third-order valence-electron chi connectivity index (χ3n) is 4.83. The van der Waals surface area contributed by atoms with Gasteiger partial charge in [0.25, 0.3) is 5.91 Å². The van der Waals surface area contributed by atoms with Crippen molar-refractivity contribution in [3.63, 3.8) is 0 Å². The molecule has 1 fully saturated rings. The van der Waals surface area contributed by atoms with Crippen molar-refractivity contribution in [1.29, 1.82) is 0 Å². The van der Waals surface area contributed by atoms with Gasteiger partial charge in [0.05, 0.1) is 10.9 Å². The van der Waals surface area contributed by atoms with Gasteiger partial charge in [0.1, 0.15) is 32.7 Å². The van der Waals surface area contributed by atoms with Gasteiger partial charge in [0.15, 0.2) is 6.54 Å². The van der Waals surface area contributed by atoms with E-state index in [1.807, 2.05) is 30.4 Å². The number of amides is 1. The lowest BCUT2D eigenvalue weighted by atomic mass is 10.1. The van der Waals surface area contributed by atoms with Gasteiger partial charge in [-0.3, -0.25) is 4.79 Å². The van der Waals surface area contributed by atoms with E-state index < -0.39 is 0 Å². The van der Waals surface area contributed by atoms with E-state index in [-0.39, 0.29) is 11.9 Å². The highest BCUT2D eigenvalue weighted by Crippen LogP contribution is 2.16. The fourth-order valence-electron chi connectivity index (χ4n) is 3.32. The van der Waals surface area contributed by atoms with Crippen LogP contribution in [0.25, 0.3) is 0 Å². The Morgan fingerprint density at radius 1 is 1.16 bits per heavy atom. The van der Waals surface area contributed by atoms with Crippen LogP contribution in [-0.4, -0.2) is 38.6 Å². The number of hydrogen-bond donors (Lipinski definition) is 3. The van der Waals surface area contributed by atoms with Crippen LogP contribution in [0.2, 0.25) is 0 Å². The molecular weight excluding hydrogens is 398 g/mol. The molecule has 3 rings (SSSR count). The molecule has 0 radical (unpaired) electrons. The van der Waals surface area contributed by atoms with E-state index in [1.165, 1.54) is 9.78 Å². The molecule has 0 aliphatic carbocycles. The molecular formula is C19H26BrN3OS+2. The van der Waals surface area contributed by atoms with Gasteiger partial charge in [-0.2, -0.15) is 0 Å². The summed E-state index contributed by atoms with van der Waals surface area (Å²) in [4.78, 5) is 16.8. The molecule has 2 aromatic rings. The molecule has 3 N–H and O–H groups in total. The summed E-state index contributed by atoms with van der Waals surface area (Å²) in [6.07, 6.45) is 0. The summed E-state index contributed by atoms with van der Waals surface area (Å²) in [6.45, 7) is 8.16. The highest BCUT2D eigenvalue weighted by Gasteiger charge is 2.25. The first-order valence-corrected chi connectivity index (χ1v) is 10.5. The summed E-state index contributed by atoms with van der Waals surface area (Å²) < 4.78 is 1.06. The van der Waals surface area contributed by atoms with E-state index in [0.29, 0.717) is 6.54 Å². The Bertz CT molecular complexity index is 666. The zero-order valence-electron chi connectivity index (χ0n) is 14.6. The molecule has 1 saturated heterocycles. The highest BCUT2D eigenvalue weighted by molar-refractivity contribution is 9.10. The second-order valence-electron chi connectivity index (χ2n) is 6.77. The molecule has 4 nitrogen and oxygen atoms in total. The lowest BCUT2D eigenvalue weighted by Crippen LogP contribution is -3.28. The first-order chi connectivity index (χ1) is 12.1.